The molecule has 1 amide bonds. The molecule has 0 heterocycles. The van der Waals surface area contributed by atoms with Crippen molar-refractivity contribution in [3.8, 4) is 0 Å². The first-order valence-corrected chi connectivity index (χ1v) is 6.26. The van der Waals surface area contributed by atoms with Gasteiger partial charge in [-0.25, -0.2) is 0 Å². The Balaban J connectivity index is 2.92. The molecule has 3 nitrogen and oxygen atoms in total. The van der Waals surface area contributed by atoms with E-state index in [1.54, 1.807) is 32.2 Å². The number of hydrogen-bond acceptors (Lipinski definition) is 2. The zero-order chi connectivity index (χ0) is 12.3. The van der Waals surface area contributed by atoms with Crippen molar-refractivity contribution in [3.05, 3.63) is 32.4 Å². The molecule has 88 valence electrons. The average Bonchev–Trinajstić information content (AvgIpc) is 2.29. The predicted octanol–water partition coefficient (Wildman–Crippen LogP) is 2.40. The molecule has 0 radical (unpaired) electrons. The summed E-state index contributed by atoms with van der Waals surface area (Å²) in [6.07, 6.45) is 0. The number of rotatable bonds is 3. The van der Waals surface area contributed by atoms with Crippen LogP contribution in [0.25, 0.3) is 0 Å². The van der Waals surface area contributed by atoms with Gasteiger partial charge in [0.15, 0.2) is 0 Å². The molecule has 1 N–H and O–H groups in total. The zero-order valence-corrected chi connectivity index (χ0v) is 12.0. The summed E-state index contributed by atoms with van der Waals surface area (Å²) in [6, 6.07) is 4.97. The Morgan fingerprint density at radius 3 is 2.75 bits per heavy atom. The highest BCUT2D eigenvalue weighted by Gasteiger charge is 2.17. The van der Waals surface area contributed by atoms with Crippen LogP contribution in [0.3, 0.4) is 0 Å². The molecule has 0 aromatic heterocycles. The van der Waals surface area contributed by atoms with Crippen LogP contribution in [-0.2, 0) is 0 Å². The monoisotopic (exact) mass is 353 g/mol. The minimum absolute atomic E-state index is 0.0552. The summed E-state index contributed by atoms with van der Waals surface area (Å²) < 4.78 is 0.911. The summed E-state index contributed by atoms with van der Waals surface area (Å²) in [4.78, 5) is 13.5. The third kappa shape index (κ3) is 3.09. The minimum atomic E-state index is -0.203. The van der Waals surface area contributed by atoms with Crippen LogP contribution in [0.2, 0.25) is 5.02 Å². The van der Waals surface area contributed by atoms with Crippen LogP contribution in [0.4, 0.5) is 0 Å². The molecular weight excluding hydrogens is 340 g/mol. The van der Waals surface area contributed by atoms with E-state index in [0.717, 1.165) is 3.57 Å². The first-order valence-electron chi connectivity index (χ1n) is 4.80. The largest absolute Gasteiger partial charge is 0.394 e. The molecule has 0 spiro atoms. The Labute approximate surface area is 114 Å². The lowest BCUT2D eigenvalue weighted by Crippen LogP contribution is -2.37. The fourth-order valence-electron chi connectivity index (χ4n) is 1.16. The Bertz CT molecular complexity index is 398. The van der Waals surface area contributed by atoms with Crippen molar-refractivity contribution in [1.29, 1.82) is 0 Å². The van der Waals surface area contributed by atoms with E-state index < -0.39 is 0 Å². The number of nitrogens with zero attached hydrogens (tertiary/aromatic N) is 1. The van der Waals surface area contributed by atoms with E-state index in [4.69, 9.17) is 16.7 Å². The van der Waals surface area contributed by atoms with Gasteiger partial charge in [0.25, 0.3) is 5.91 Å². The van der Waals surface area contributed by atoms with Crippen LogP contribution in [0.5, 0.6) is 0 Å². The van der Waals surface area contributed by atoms with Crippen LogP contribution in [0, 0.1) is 3.57 Å². The summed E-state index contributed by atoms with van der Waals surface area (Å²) in [5.41, 5.74) is 0.535. The molecule has 0 bridgehead atoms. The van der Waals surface area contributed by atoms with E-state index in [0.29, 0.717) is 10.6 Å². The molecule has 5 heteroatoms. The van der Waals surface area contributed by atoms with E-state index in [-0.39, 0.29) is 18.6 Å². The van der Waals surface area contributed by atoms with Crippen LogP contribution >= 0.6 is 34.2 Å². The van der Waals surface area contributed by atoms with Crippen molar-refractivity contribution in [3.63, 3.8) is 0 Å². The molecule has 0 saturated carbocycles. The summed E-state index contributed by atoms with van der Waals surface area (Å²) >= 11 is 8.05. The number of aliphatic hydroxyl groups is 1. The first-order chi connectivity index (χ1) is 7.47. The first kappa shape index (κ1) is 13.7. The second-order valence-corrected chi connectivity index (χ2v) is 5.15. The molecule has 1 rings (SSSR count). The number of carbonyl (C=O) groups excluding carboxylic acids is 1. The maximum Gasteiger partial charge on any atom is 0.253 e. The summed E-state index contributed by atoms with van der Waals surface area (Å²) in [7, 11) is 1.66. The number of halogens is 2. The number of hydrogen-bond donors (Lipinski definition) is 1. The molecule has 1 aromatic rings. The van der Waals surface area contributed by atoms with Gasteiger partial charge < -0.3 is 10.0 Å². The average molecular weight is 354 g/mol. The maximum atomic E-state index is 12.0. The van der Waals surface area contributed by atoms with E-state index in [1.165, 1.54) is 4.90 Å². The van der Waals surface area contributed by atoms with Gasteiger partial charge in [0.05, 0.1) is 17.7 Å². The second kappa shape index (κ2) is 5.84. The third-order valence-corrected chi connectivity index (χ3v) is 3.98. The third-order valence-electron chi connectivity index (χ3n) is 2.41. The smallest absolute Gasteiger partial charge is 0.253 e. The normalized spacial score (nSPS) is 12.3. The number of carbonyl (C=O) groups is 1. The molecule has 0 aliphatic carbocycles. The van der Waals surface area contributed by atoms with Gasteiger partial charge >= 0.3 is 0 Å². The van der Waals surface area contributed by atoms with Gasteiger partial charge in [-0.1, -0.05) is 11.6 Å². The van der Waals surface area contributed by atoms with E-state index in [1.807, 2.05) is 0 Å². The van der Waals surface area contributed by atoms with Crippen LogP contribution in [-0.4, -0.2) is 35.6 Å². The molecular formula is C11H13ClINO2. The van der Waals surface area contributed by atoms with Crippen molar-refractivity contribution in [2.24, 2.45) is 0 Å². The van der Waals surface area contributed by atoms with Gasteiger partial charge in [0, 0.05) is 16.2 Å². The van der Waals surface area contributed by atoms with Gasteiger partial charge in [-0.3, -0.25) is 4.79 Å². The van der Waals surface area contributed by atoms with Gasteiger partial charge in [0.2, 0.25) is 0 Å². The number of benzene rings is 1. The zero-order valence-electron chi connectivity index (χ0n) is 9.08. The highest BCUT2D eigenvalue weighted by atomic mass is 127. The van der Waals surface area contributed by atoms with Crippen LogP contribution in [0.15, 0.2) is 18.2 Å². The van der Waals surface area contributed by atoms with Crippen LogP contribution in [0.1, 0.15) is 17.3 Å². The van der Waals surface area contributed by atoms with Gasteiger partial charge in [-0.2, -0.15) is 0 Å². The Hall–Kier alpha value is -0.330. The molecule has 0 aliphatic heterocycles. The van der Waals surface area contributed by atoms with E-state index in [2.05, 4.69) is 22.6 Å². The van der Waals surface area contributed by atoms with Gasteiger partial charge in [-0.15, -0.1) is 0 Å². The molecule has 0 aliphatic rings. The fourth-order valence-corrected chi connectivity index (χ4v) is 1.67. The Morgan fingerprint density at radius 2 is 2.25 bits per heavy atom. The van der Waals surface area contributed by atoms with Crippen molar-refractivity contribution in [2.45, 2.75) is 13.0 Å². The summed E-state index contributed by atoms with van der Waals surface area (Å²) in [5, 5.41) is 9.54. The topological polar surface area (TPSA) is 40.5 Å². The molecule has 16 heavy (non-hydrogen) atoms. The predicted molar refractivity (Wildman–Crippen MR) is 72.8 cm³/mol. The van der Waals surface area contributed by atoms with Crippen LogP contribution < -0.4 is 0 Å². The number of amides is 1. The Morgan fingerprint density at radius 1 is 1.62 bits per heavy atom. The quantitative estimate of drug-likeness (QED) is 0.848. The molecule has 1 unspecified atom stereocenters. The Kier molecular flexibility index (Phi) is 5.01. The lowest BCUT2D eigenvalue weighted by atomic mass is 10.2. The summed E-state index contributed by atoms with van der Waals surface area (Å²) in [6.45, 7) is 1.73. The molecule has 1 atom stereocenters. The number of likely N-dealkylation sites (N-methyl/N-ethyl adjacent to an activating group) is 1. The fraction of sp³-hybridized carbons (Fsp3) is 0.364. The lowest BCUT2D eigenvalue weighted by molar-refractivity contribution is 0.0682. The van der Waals surface area contributed by atoms with Crippen molar-refractivity contribution in [2.75, 3.05) is 13.7 Å². The highest BCUT2D eigenvalue weighted by Crippen LogP contribution is 2.20. The second-order valence-electron chi connectivity index (χ2n) is 3.58. The molecule has 0 fully saturated rings. The minimum Gasteiger partial charge on any atom is -0.394 e. The number of aliphatic hydroxyl groups excluding tert-OH is 1. The summed E-state index contributed by atoms with van der Waals surface area (Å²) in [5.74, 6) is -0.139. The van der Waals surface area contributed by atoms with Gasteiger partial charge in [0.1, 0.15) is 0 Å². The lowest BCUT2D eigenvalue weighted by Gasteiger charge is -2.23. The van der Waals surface area contributed by atoms with E-state index in [9.17, 15) is 4.79 Å². The SMILES string of the molecule is CC(CO)N(C)C(=O)c1ccc(I)c(Cl)c1. The van der Waals surface area contributed by atoms with Crippen molar-refractivity contribution < 1.29 is 9.90 Å². The molecule has 0 saturated heterocycles. The van der Waals surface area contributed by atoms with Gasteiger partial charge in [-0.05, 0) is 47.7 Å². The van der Waals surface area contributed by atoms with E-state index >= 15 is 0 Å². The van der Waals surface area contributed by atoms with Crippen molar-refractivity contribution >= 4 is 40.1 Å². The standard InChI is InChI=1S/C11H13ClINO2/c1-7(6-15)14(2)11(16)8-3-4-10(13)9(12)5-8/h3-5,7,15H,6H2,1-2H3. The highest BCUT2D eigenvalue weighted by molar-refractivity contribution is 14.1. The maximum absolute atomic E-state index is 12.0. The molecule has 1 aromatic carbocycles. The van der Waals surface area contributed by atoms with Crippen molar-refractivity contribution in [1.82, 2.24) is 4.90 Å².